The zero-order valence-corrected chi connectivity index (χ0v) is 14.6. The Labute approximate surface area is 143 Å². The second-order valence-electron chi connectivity index (χ2n) is 6.48. The monoisotopic (exact) mass is 341 g/mol. The van der Waals surface area contributed by atoms with Crippen molar-refractivity contribution in [3.63, 3.8) is 0 Å². The van der Waals surface area contributed by atoms with Gasteiger partial charge in [0.05, 0.1) is 18.3 Å². The van der Waals surface area contributed by atoms with Gasteiger partial charge in [0.25, 0.3) is 5.56 Å². The number of carbonyl (C=O) groups is 1. The van der Waals surface area contributed by atoms with E-state index in [0.717, 1.165) is 46.4 Å². The molecule has 0 bridgehead atoms. The topological polar surface area (TPSA) is 67.8 Å². The smallest absolute Gasteiger partial charge is 0.262 e. The second kappa shape index (κ2) is 5.70. The third-order valence-corrected chi connectivity index (χ3v) is 5.91. The van der Waals surface area contributed by atoms with Gasteiger partial charge in [-0.05, 0) is 51.2 Å². The molecule has 5 nitrogen and oxygen atoms in total. The fourth-order valence-corrected chi connectivity index (χ4v) is 4.77. The zero-order valence-electron chi connectivity index (χ0n) is 13.8. The molecule has 0 fully saturated rings. The Morgan fingerprint density at radius 3 is 2.88 bits per heavy atom. The number of aryl methyl sites for hydroxylation is 4. The quantitative estimate of drug-likeness (QED) is 0.744. The summed E-state index contributed by atoms with van der Waals surface area (Å²) in [6, 6.07) is 1.83. The van der Waals surface area contributed by atoms with Gasteiger partial charge in [0.15, 0.2) is 5.78 Å². The highest BCUT2D eigenvalue weighted by atomic mass is 32.1. The number of aromatic nitrogens is 3. The van der Waals surface area contributed by atoms with E-state index >= 15 is 0 Å². The lowest BCUT2D eigenvalue weighted by atomic mass is 9.97. The van der Waals surface area contributed by atoms with Crippen LogP contribution in [-0.4, -0.2) is 20.3 Å². The van der Waals surface area contributed by atoms with Crippen LogP contribution in [0.1, 0.15) is 45.0 Å². The fraction of sp³-hybridized carbons (Fsp3) is 0.389. The van der Waals surface area contributed by atoms with Crippen LogP contribution in [0.5, 0.6) is 0 Å². The number of Topliss-reactive ketones (excluding diaryl/α,β-unsaturated/α-hetero) is 1. The van der Waals surface area contributed by atoms with Gasteiger partial charge in [-0.2, -0.15) is 0 Å². The molecular formula is C18H19N3O2S. The molecule has 3 aromatic rings. The summed E-state index contributed by atoms with van der Waals surface area (Å²) in [5.74, 6) is -0.0656. The molecule has 0 radical (unpaired) electrons. The van der Waals surface area contributed by atoms with Crippen molar-refractivity contribution >= 4 is 27.3 Å². The van der Waals surface area contributed by atoms with Crippen molar-refractivity contribution in [1.29, 1.82) is 0 Å². The molecule has 1 aliphatic carbocycles. The molecule has 0 saturated heterocycles. The van der Waals surface area contributed by atoms with Gasteiger partial charge in [0.1, 0.15) is 4.83 Å². The van der Waals surface area contributed by atoms with Gasteiger partial charge in [0.2, 0.25) is 0 Å². The number of nitrogens with one attached hydrogen (secondary N) is 1. The summed E-state index contributed by atoms with van der Waals surface area (Å²) in [4.78, 5) is 35.1. The van der Waals surface area contributed by atoms with Crippen molar-refractivity contribution in [1.82, 2.24) is 14.5 Å². The highest BCUT2D eigenvalue weighted by molar-refractivity contribution is 7.18. The minimum atomic E-state index is -0.0855. The Morgan fingerprint density at radius 1 is 1.33 bits per heavy atom. The predicted molar refractivity (Wildman–Crippen MR) is 95.1 cm³/mol. The molecular weight excluding hydrogens is 322 g/mol. The summed E-state index contributed by atoms with van der Waals surface area (Å²) in [6.45, 7) is 3.82. The number of H-pyrrole nitrogens is 1. The Balaban J connectivity index is 1.75. The number of thiophene rings is 1. The van der Waals surface area contributed by atoms with Crippen LogP contribution in [0.4, 0.5) is 0 Å². The second-order valence-corrected chi connectivity index (χ2v) is 7.57. The first kappa shape index (κ1) is 15.3. The highest BCUT2D eigenvalue weighted by Gasteiger charge is 2.21. The van der Waals surface area contributed by atoms with E-state index in [9.17, 15) is 9.59 Å². The lowest BCUT2D eigenvalue weighted by Gasteiger charge is -2.10. The molecule has 0 unspecified atom stereocenters. The van der Waals surface area contributed by atoms with Gasteiger partial charge < -0.3 is 4.98 Å². The Hall–Kier alpha value is -2.21. The summed E-state index contributed by atoms with van der Waals surface area (Å²) in [5, 5.41) is 0.729. The van der Waals surface area contributed by atoms with Crippen LogP contribution in [0.2, 0.25) is 0 Å². The van der Waals surface area contributed by atoms with Crippen molar-refractivity contribution in [2.75, 3.05) is 0 Å². The van der Waals surface area contributed by atoms with E-state index in [1.807, 2.05) is 19.9 Å². The molecule has 6 heteroatoms. The standard InChI is InChI=1S/C18H19N3O2S/c1-10-7-13(11(2)20-10)14(22)8-21-9-19-17-16(18(21)23)12-5-3-4-6-15(12)24-17/h7,9,20H,3-6,8H2,1-2H3. The van der Waals surface area contributed by atoms with Gasteiger partial charge in [-0.1, -0.05) is 0 Å². The predicted octanol–water partition coefficient (Wildman–Crippen LogP) is 3.16. The van der Waals surface area contributed by atoms with Crippen LogP contribution in [-0.2, 0) is 19.4 Å². The molecule has 0 atom stereocenters. The minimum absolute atomic E-state index is 0.0323. The van der Waals surface area contributed by atoms with Crippen LogP contribution < -0.4 is 5.56 Å². The summed E-state index contributed by atoms with van der Waals surface area (Å²) >= 11 is 1.63. The lowest BCUT2D eigenvalue weighted by molar-refractivity contribution is 0.0970. The van der Waals surface area contributed by atoms with Gasteiger partial charge in [0, 0.05) is 21.8 Å². The van der Waals surface area contributed by atoms with Crippen molar-refractivity contribution in [2.24, 2.45) is 0 Å². The van der Waals surface area contributed by atoms with E-state index in [0.29, 0.717) is 5.56 Å². The summed E-state index contributed by atoms with van der Waals surface area (Å²) in [5.41, 5.74) is 3.51. The van der Waals surface area contributed by atoms with Crippen LogP contribution in [0, 0.1) is 13.8 Å². The normalized spacial score (nSPS) is 14.1. The summed E-state index contributed by atoms with van der Waals surface area (Å²) in [7, 11) is 0. The number of rotatable bonds is 3. The maximum atomic E-state index is 12.9. The average molecular weight is 341 g/mol. The summed E-state index contributed by atoms with van der Waals surface area (Å²) < 4.78 is 1.45. The van der Waals surface area contributed by atoms with E-state index in [4.69, 9.17) is 0 Å². The Kier molecular flexibility index (Phi) is 3.64. The van der Waals surface area contributed by atoms with Crippen molar-refractivity contribution < 1.29 is 4.79 Å². The SMILES string of the molecule is Cc1cc(C(=O)Cn2cnc3sc4c(c3c2=O)CCCC4)c(C)[nH]1. The zero-order chi connectivity index (χ0) is 16.8. The largest absolute Gasteiger partial charge is 0.362 e. The minimum Gasteiger partial charge on any atom is -0.362 e. The van der Waals surface area contributed by atoms with Gasteiger partial charge in [-0.25, -0.2) is 4.98 Å². The maximum Gasteiger partial charge on any atom is 0.262 e. The third-order valence-electron chi connectivity index (χ3n) is 4.71. The maximum absolute atomic E-state index is 12.9. The van der Waals surface area contributed by atoms with E-state index in [1.54, 1.807) is 11.3 Å². The molecule has 124 valence electrons. The van der Waals surface area contributed by atoms with E-state index in [2.05, 4.69) is 9.97 Å². The number of hydrogen-bond donors (Lipinski definition) is 1. The molecule has 1 aliphatic rings. The molecule has 0 aliphatic heterocycles. The van der Waals surface area contributed by atoms with Crippen molar-refractivity contribution in [2.45, 2.75) is 46.1 Å². The van der Waals surface area contributed by atoms with Crippen LogP contribution in [0.3, 0.4) is 0 Å². The molecule has 1 N–H and O–H groups in total. The number of nitrogens with zero attached hydrogens (tertiary/aromatic N) is 2. The van der Waals surface area contributed by atoms with Gasteiger partial charge in [-0.3, -0.25) is 14.2 Å². The number of aromatic amines is 1. The number of fused-ring (bicyclic) bond motifs is 3. The van der Waals surface area contributed by atoms with Crippen molar-refractivity contribution in [3.05, 3.63) is 50.1 Å². The number of ketones is 1. The molecule has 3 aromatic heterocycles. The first-order valence-electron chi connectivity index (χ1n) is 8.23. The van der Waals surface area contributed by atoms with Crippen LogP contribution >= 0.6 is 11.3 Å². The Bertz CT molecular complexity index is 1010. The lowest BCUT2D eigenvalue weighted by Crippen LogP contribution is -2.25. The van der Waals surface area contributed by atoms with Crippen molar-refractivity contribution in [3.8, 4) is 0 Å². The molecule has 3 heterocycles. The van der Waals surface area contributed by atoms with Gasteiger partial charge >= 0.3 is 0 Å². The van der Waals surface area contributed by atoms with Gasteiger partial charge in [-0.15, -0.1) is 11.3 Å². The van der Waals surface area contributed by atoms with Crippen LogP contribution in [0.25, 0.3) is 10.2 Å². The molecule has 0 amide bonds. The molecule has 0 spiro atoms. The summed E-state index contributed by atoms with van der Waals surface area (Å²) in [6.07, 6.45) is 5.79. The number of carbonyl (C=O) groups excluding carboxylic acids is 1. The first-order chi connectivity index (χ1) is 11.5. The Morgan fingerprint density at radius 2 is 2.12 bits per heavy atom. The average Bonchev–Trinajstić information content (AvgIpc) is 3.10. The number of hydrogen-bond acceptors (Lipinski definition) is 4. The van der Waals surface area contributed by atoms with E-state index < -0.39 is 0 Å². The molecule has 0 saturated carbocycles. The fourth-order valence-electron chi connectivity index (χ4n) is 3.55. The molecule has 0 aromatic carbocycles. The highest BCUT2D eigenvalue weighted by Crippen LogP contribution is 2.33. The third kappa shape index (κ3) is 2.41. The van der Waals surface area contributed by atoms with E-state index in [-0.39, 0.29) is 17.9 Å². The van der Waals surface area contributed by atoms with E-state index in [1.165, 1.54) is 22.2 Å². The molecule has 24 heavy (non-hydrogen) atoms. The molecule has 4 rings (SSSR count). The first-order valence-corrected chi connectivity index (χ1v) is 9.05. The van der Waals surface area contributed by atoms with Crippen LogP contribution in [0.15, 0.2) is 17.2 Å².